The minimum absolute atomic E-state index is 0.279. The molecule has 0 atom stereocenters. The molecule has 3 aromatic rings. The first kappa shape index (κ1) is 15.6. The van der Waals surface area contributed by atoms with Gasteiger partial charge in [-0.1, -0.05) is 6.07 Å². The molecule has 0 fully saturated rings. The second-order valence-corrected chi connectivity index (χ2v) is 9.37. The molecule has 0 saturated heterocycles. The molecule has 0 saturated carbocycles. The number of sulfonamides is 1. The molecule has 1 aliphatic rings. The smallest absolute Gasteiger partial charge is 0.265 e. The average molecular weight is 420 g/mol. The lowest BCUT2D eigenvalue weighted by atomic mass is 10.1. The first-order valence-corrected chi connectivity index (χ1v) is 10.1. The van der Waals surface area contributed by atoms with Crippen LogP contribution in [-0.2, 0) is 16.4 Å². The van der Waals surface area contributed by atoms with Crippen LogP contribution < -0.4 is 4.31 Å². The Bertz CT molecular complexity index is 1120. The van der Waals surface area contributed by atoms with E-state index in [4.69, 9.17) is 0 Å². The quantitative estimate of drug-likeness (QED) is 0.634. The van der Waals surface area contributed by atoms with E-state index in [0.29, 0.717) is 24.2 Å². The van der Waals surface area contributed by atoms with Gasteiger partial charge in [-0.25, -0.2) is 8.42 Å². The van der Waals surface area contributed by atoms with Crippen molar-refractivity contribution < 1.29 is 8.42 Å². The van der Waals surface area contributed by atoms with Crippen molar-refractivity contribution in [3.63, 3.8) is 0 Å². The molecular weight excluding hydrogens is 410 g/mol. The van der Waals surface area contributed by atoms with E-state index in [1.165, 1.54) is 15.6 Å². The molecule has 0 amide bonds. The van der Waals surface area contributed by atoms with Gasteiger partial charge in [-0.05, 0) is 46.1 Å². The zero-order valence-corrected chi connectivity index (χ0v) is 15.4. The summed E-state index contributed by atoms with van der Waals surface area (Å²) in [6.45, 7) is 0.351. The number of pyridine rings is 1. The van der Waals surface area contributed by atoms with Crippen molar-refractivity contribution in [1.29, 1.82) is 5.26 Å². The summed E-state index contributed by atoms with van der Waals surface area (Å²) < 4.78 is 29.5. The van der Waals surface area contributed by atoms with E-state index in [-0.39, 0.29) is 4.21 Å². The summed E-state index contributed by atoms with van der Waals surface area (Å²) in [6, 6.07) is 9.00. The molecule has 3 heterocycles. The minimum atomic E-state index is -3.66. The van der Waals surface area contributed by atoms with E-state index in [9.17, 15) is 13.7 Å². The highest BCUT2D eigenvalue weighted by Crippen LogP contribution is 2.39. The molecule has 0 bridgehead atoms. The molecule has 24 heavy (non-hydrogen) atoms. The average Bonchev–Trinajstić information content (AvgIpc) is 3.20. The van der Waals surface area contributed by atoms with Crippen LogP contribution in [0.25, 0.3) is 10.1 Å². The third-order valence-corrected chi connectivity index (χ3v) is 7.99. The largest absolute Gasteiger partial charge is 0.273 e. The molecule has 0 aliphatic carbocycles. The monoisotopic (exact) mass is 419 g/mol. The second kappa shape index (κ2) is 5.55. The molecule has 2 aromatic heterocycles. The van der Waals surface area contributed by atoms with E-state index in [0.717, 1.165) is 20.1 Å². The standard InChI is InChI=1S/C16H10BrN3O2S2/c17-13-8-19-9-15-12(13)6-16(23-15)24(21,22)20-5-4-11-10(7-18)2-1-3-14(11)20/h1-3,6,8-9H,4-5H2. The Morgan fingerprint density at radius 1 is 1.33 bits per heavy atom. The van der Waals surface area contributed by atoms with E-state index in [2.05, 4.69) is 27.0 Å². The summed E-state index contributed by atoms with van der Waals surface area (Å²) in [5.41, 5.74) is 1.93. The van der Waals surface area contributed by atoms with Gasteiger partial charge in [0, 0.05) is 28.8 Å². The number of benzene rings is 1. The highest BCUT2D eigenvalue weighted by molar-refractivity contribution is 9.10. The number of fused-ring (bicyclic) bond motifs is 2. The Labute approximate surface area is 151 Å². The fourth-order valence-corrected chi connectivity index (χ4v) is 6.47. The van der Waals surface area contributed by atoms with Crippen molar-refractivity contribution in [1.82, 2.24) is 4.98 Å². The van der Waals surface area contributed by atoms with Crippen LogP contribution in [0.2, 0.25) is 0 Å². The van der Waals surface area contributed by atoms with Gasteiger partial charge in [0.15, 0.2) is 0 Å². The number of hydrogen-bond donors (Lipinski definition) is 0. The van der Waals surface area contributed by atoms with Crippen LogP contribution in [-0.4, -0.2) is 19.9 Å². The molecular formula is C16H10BrN3O2S2. The number of rotatable bonds is 2. The van der Waals surface area contributed by atoms with Crippen LogP contribution in [0.1, 0.15) is 11.1 Å². The summed E-state index contributed by atoms with van der Waals surface area (Å²) in [4.78, 5) is 4.08. The topological polar surface area (TPSA) is 74.1 Å². The summed E-state index contributed by atoms with van der Waals surface area (Å²) in [5, 5.41) is 10.0. The Kier molecular flexibility index (Phi) is 3.60. The number of anilines is 1. The van der Waals surface area contributed by atoms with E-state index >= 15 is 0 Å². The first-order chi connectivity index (χ1) is 11.5. The van der Waals surface area contributed by atoms with E-state index < -0.39 is 10.0 Å². The van der Waals surface area contributed by atoms with Gasteiger partial charge in [0.05, 0.1) is 22.0 Å². The maximum atomic E-state index is 13.1. The van der Waals surface area contributed by atoms with Gasteiger partial charge >= 0.3 is 0 Å². The van der Waals surface area contributed by atoms with Crippen LogP contribution in [0, 0.1) is 11.3 Å². The lowest BCUT2D eigenvalue weighted by Gasteiger charge is -2.18. The van der Waals surface area contributed by atoms with E-state index in [1.54, 1.807) is 36.7 Å². The molecule has 120 valence electrons. The van der Waals surface area contributed by atoms with Gasteiger partial charge in [0.1, 0.15) is 4.21 Å². The Balaban J connectivity index is 1.85. The number of hydrogen-bond acceptors (Lipinski definition) is 5. The lowest BCUT2D eigenvalue weighted by molar-refractivity contribution is 0.594. The fourth-order valence-electron chi connectivity index (χ4n) is 2.90. The summed E-state index contributed by atoms with van der Waals surface area (Å²) in [7, 11) is -3.66. The maximum absolute atomic E-state index is 13.1. The van der Waals surface area contributed by atoms with Crippen molar-refractivity contribution >= 4 is 53.1 Å². The molecule has 0 spiro atoms. The van der Waals surface area contributed by atoms with Crippen molar-refractivity contribution in [2.45, 2.75) is 10.6 Å². The number of nitriles is 1. The normalized spacial score (nSPS) is 13.9. The van der Waals surface area contributed by atoms with Crippen LogP contribution in [0.4, 0.5) is 5.69 Å². The molecule has 4 rings (SSSR count). The first-order valence-electron chi connectivity index (χ1n) is 7.10. The molecule has 1 aromatic carbocycles. The number of aromatic nitrogens is 1. The number of nitrogens with zero attached hydrogens (tertiary/aromatic N) is 3. The van der Waals surface area contributed by atoms with Crippen molar-refractivity contribution in [2.24, 2.45) is 0 Å². The van der Waals surface area contributed by atoms with Crippen LogP contribution >= 0.6 is 27.3 Å². The van der Waals surface area contributed by atoms with Crippen molar-refractivity contribution in [3.05, 3.63) is 52.3 Å². The molecule has 5 nitrogen and oxygen atoms in total. The summed E-state index contributed by atoms with van der Waals surface area (Å²) >= 11 is 4.61. The highest BCUT2D eigenvalue weighted by Gasteiger charge is 2.33. The van der Waals surface area contributed by atoms with Gasteiger partial charge in [0.2, 0.25) is 0 Å². The Hall–Kier alpha value is -1.95. The van der Waals surface area contributed by atoms with Crippen molar-refractivity contribution in [3.8, 4) is 6.07 Å². The minimum Gasteiger partial charge on any atom is -0.265 e. The number of thiophene rings is 1. The summed E-state index contributed by atoms with van der Waals surface area (Å²) in [6.07, 6.45) is 3.86. The third kappa shape index (κ3) is 2.24. The molecule has 8 heteroatoms. The van der Waals surface area contributed by atoms with Gasteiger partial charge in [0.25, 0.3) is 10.0 Å². The van der Waals surface area contributed by atoms with E-state index in [1.807, 2.05) is 0 Å². The lowest BCUT2D eigenvalue weighted by Crippen LogP contribution is -2.28. The van der Waals surface area contributed by atoms with Crippen LogP contribution in [0.3, 0.4) is 0 Å². The zero-order chi connectivity index (χ0) is 16.9. The van der Waals surface area contributed by atoms with Gasteiger partial charge in [-0.15, -0.1) is 11.3 Å². The predicted octanol–water partition coefficient (Wildman–Crippen LogP) is 3.68. The summed E-state index contributed by atoms with van der Waals surface area (Å²) in [5.74, 6) is 0. The second-order valence-electron chi connectivity index (χ2n) is 5.34. The Morgan fingerprint density at radius 3 is 2.92 bits per heavy atom. The third-order valence-electron chi connectivity index (χ3n) is 4.02. The van der Waals surface area contributed by atoms with Gasteiger partial charge in [-0.2, -0.15) is 5.26 Å². The fraction of sp³-hybridized carbons (Fsp3) is 0.125. The molecule has 0 radical (unpaired) electrons. The van der Waals surface area contributed by atoms with Gasteiger partial charge in [-0.3, -0.25) is 9.29 Å². The van der Waals surface area contributed by atoms with Gasteiger partial charge < -0.3 is 0 Å². The number of halogens is 1. The molecule has 0 unspecified atom stereocenters. The van der Waals surface area contributed by atoms with Crippen LogP contribution in [0.5, 0.6) is 0 Å². The highest BCUT2D eigenvalue weighted by atomic mass is 79.9. The van der Waals surface area contributed by atoms with Crippen molar-refractivity contribution in [2.75, 3.05) is 10.8 Å². The van der Waals surface area contributed by atoms with Crippen LogP contribution in [0.15, 0.2) is 45.3 Å². The maximum Gasteiger partial charge on any atom is 0.273 e. The molecule has 0 N–H and O–H groups in total. The predicted molar refractivity (Wildman–Crippen MR) is 96.7 cm³/mol. The Morgan fingerprint density at radius 2 is 2.17 bits per heavy atom. The zero-order valence-electron chi connectivity index (χ0n) is 12.2. The molecule has 1 aliphatic heterocycles. The SMILES string of the molecule is N#Cc1cccc2c1CCN2S(=O)(=O)c1cc2c(Br)cncc2s1.